The Morgan fingerprint density at radius 2 is 1.71 bits per heavy atom. The monoisotopic (exact) mass is 582 g/mol. The van der Waals surface area contributed by atoms with Crippen molar-refractivity contribution in [1.82, 2.24) is 20.4 Å². The quantitative estimate of drug-likeness (QED) is 0.183. The first kappa shape index (κ1) is 32.7. The van der Waals surface area contributed by atoms with Crippen LogP contribution in [0.2, 0.25) is 5.02 Å². The van der Waals surface area contributed by atoms with Crippen LogP contribution in [0.4, 0.5) is 0 Å². The maximum absolute atomic E-state index is 11.2. The van der Waals surface area contributed by atoms with Gasteiger partial charge in [-0.3, -0.25) is 0 Å². The van der Waals surface area contributed by atoms with Gasteiger partial charge in [-0.15, -0.1) is 0 Å². The SMILES string of the molecule is CCCCCCCCCCNC(C)(C)c1noc(C)n1.O=C(O)c1ccc(C2CCCC2)c(-c2cccc(Cl)c2)n1. The van der Waals surface area contributed by atoms with Gasteiger partial charge in [-0.25, -0.2) is 9.78 Å². The van der Waals surface area contributed by atoms with E-state index in [9.17, 15) is 9.90 Å². The van der Waals surface area contributed by atoms with Crippen LogP contribution in [0.15, 0.2) is 40.9 Å². The van der Waals surface area contributed by atoms with E-state index >= 15 is 0 Å². The van der Waals surface area contributed by atoms with Crippen LogP contribution >= 0.6 is 11.6 Å². The van der Waals surface area contributed by atoms with E-state index in [4.69, 9.17) is 16.1 Å². The van der Waals surface area contributed by atoms with Gasteiger partial charge in [-0.05, 0) is 69.3 Å². The van der Waals surface area contributed by atoms with Crippen LogP contribution in [0.1, 0.15) is 132 Å². The molecule has 2 aromatic heterocycles. The van der Waals surface area contributed by atoms with Crippen molar-refractivity contribution >= 4 is 17.6 Å². The van der Waals surface area contributed by atoms with Gasteiger partial charge in [0, 0.05) is 17.5 Å². The van der Waals surface area contributed by atoms with Gasteiger partial charge in [0.15, 0.2) is 5.82 Å². The summed E-state index contributed by atoms with van der Waals surface area (Å²) in [5.74, 6) is 0.835. The highest BCUT2D eigenvalue weighted by molar-refractivity contribution is 6.30. The van der Waals surface area contributed by atoms with E-state index in [-0.39, 0.29) is 11.2 Å². The molecular formula is C33H47ClN4O3. The zero-order chi connectivity index (χ0) is 29.7. The number of aryl methyl sites for hydroxylation is 1. The van der Waals surface area contributed by atoms with E-state index in [1.54, 1.807) is 12.1 Å². The third-order valence-corrected chi connectivity index (χ3v) is 7.96. The Balaban J connectivity index is 0.000000226. The molecular weight excluding hydrogens is 536 g/mol. The van der Waals surface area contributed by atoms with Gasteiger partial charge in [-0.2, -0.15) is 4.98 Å². The first-order valence-corrected chi connectivity index (χ1v) is 15.6. The highest BCUT2D eigenvalue weighted by Crippen LogP contribution is 2.39. The van der Waals surface area contributed by atoms with Crippen molar-refractivity contribution in [2.75, 3.05) is 6.54 Å². The lowest BCUT2D eigenvalue weighted by atomic mass is 9.93. The average molecular weight is 583 g/mol. The molecule has 0 saturated heterocycles. The minimum absolute atomic E-state index is 0.0757. The summed E-state index contributed by atoms with van der Waals surface area (Å²) in [4.78, 5) is 19.9. The minimum atomic E-state index is -1.00. The van der Waals surface area contributed by atoms with Gasteiger partial charge < -0.3 is 14.9 Å². The maximum atomic E-state index is 11.2. The van der Waals surface area contributed by atoms with Gasteiger partial charge in [0.25, 0.3) is 0 Å². The van der Waals surface area contributed by atoms with Crippen molar-refractivity contribution in [3.63, 3.8) is 0 Å². The molecule has 2 heterocycles. The Hall–Kier alpha value is -2.77. The van der Waals surface area contributed by atoms with Crippen LogP contribution in [0.3, 0.4) is 0 Å². The summed E-state index contributed by atoms with van der Waals surface area (Å²) < 4.78 is 5.04. The fourth-order valence-corrected chi connectivity index (χ4v) is 5.50. The molecule has 1 saturated carbocycles. The lowest BCUT2D eigenvalue weighted by Gasteiger charge is -2.22. The Morgan fingerprint density at radius 1 is 1.02 bits per heavy atom. The molecule has 0 radical (unpaired) electrons. The van der Waals surface area contributed by atoms with Crippen LogP contribution in [-0.4, -0.2) is 32.7 Å². The number of carbonyl (C=O) groups is 1. The zero-order valence-electron chi connectivity index (χ0n) is 25.2. The Labute approximate surface area is 250 Å². The molecule has 0 spiro atoms. The molecule has 0 aliphatic heterocycles. The lowest BCUT2D eigenvalue weighted by molar-refractivity contribution is 0.0690. The Kier molecular flexibility index (Phi) is 13.3. The molecule has 1 fully saturated rings. The summed E-state index contributed by atoms with van der Waals surface area (Å²) in [6.45, 7) is 9.30. The number of nitrogens with zero attached hydrogens (tertiary/aromatic N) is 3. The fraction of sp³-hybridized carbons (Fsp3) is 0.576. The number of benzene rings is 1. The topological polar surface area (TPSA) is 101 Å². The summed E-state index contributed by atoms with van der Waals surface area (Å²) in [6.07, 6.45) is 15.5. The first-order chi connectivity index (χ1) is 19.7. The summed E-state index contributed by atoms with van der Waals surface area (Å²) in [5.41, 5.74) is 2.64. The van der Waals surface area contributed by atoms with Crippen LogP contribution in [-0.2, 0) is 5.54 Å². The average Bonchev–Trinajstić information content (AvgIpc) is 3.65. The third kappa shape index (κ3) is 10.5. The fourth-order valence-electron chi connectivity index (χ4n) is 5.31. The molecule has 0 amide bonds. The predicted octanol–water partition coefficient (Wildman–Crippen LogP) is 9.10. The van der Waals surface area contributed by atoms with Crippen LogP contribution in [0.5, 0.6) is 0 Å². The van der Waals surface area contributed by atoms with Gasteiger partial charge >= 0.3 is 5.97 Å². The normalized spacial score (nSPS) is 13.7. The largest absolute Gasteiger partial charge is 0.477 e. The molecule has 8 heteroatoms. The number of carboxylic acids is 1. The number of hydrogen-bond donors (Lipinski definition) is 2. The lowest BCUT2D eigenvalue weighted by Crippen LogP contribution is -2.38. The predicted molar refractivity (Wildman–Crippen MR) is 166 cm³/mol. The molecule has 41 heavy (non-hydrogen) atoms. The molecule has 1 aliphatic rings. The Bertz CT molecular complexity index is 1220. The highest BCUT2D eigenvalue weighted by Gasteiger charge is 2.25. The number of pyridine rings is 1. The molecule has 224 valence electrons. The summed E-state index contributed by atoms with van der Waals surface area (Å²) in [5, 5.41) is 17.3. The van der Waals surface area contributed by atoms with Crippen molar-refractivity contribution in [3.8, 4) is 11.3 Å². The molecule has 0 bridgehead atoms. The summed E-state index contributed by atoms with van der Waals surface area (Å²) in [6, 6.07) is 11.0. The number of carboxylic acid groups (broad SMARTS) is 1. The van der Waals surface area contributed by atoms with E-state index < -0.39 is 5.97 Å². The zero-order valence-corrected chi connectivity index (χ0v) is 26.0. The summed E-state index contributed by atoms with van der Waals surface area (Å²) >= 11 is 6.06. The standard InChI is InChI=1S/C17H16ClNO2.C16H31N3O/c18-13-7-3-6-12(10-13)16-14(11-4-1-2-5-11)8-9-15(19-16)17(20)21;1-5-6-7-8-9-10-11-12-13-17-16(3,4)15-18-14(2)20-19-15/h3,6-11H,1-2,4-5H2,(H,20,21);17H,5-13H2,1-4H3. The van der Waals surface area contributed by atoms with Crippen LogP contribution in [0.25, 0.3) is 11.3 Å². The van der Waals surface area contributed by atoms with Crippen molar-refractivity contribution in [2.45, 2.75) is 116 Å². The maximum Gasteiger partial charge on any atom is 0.354 e. The number of aromatic carboxylic acids is 1. The molecule has 1 aromatic carbocycles. The van der Waals surface area contributed by atoms with Crippen LogP contribution in [0, 0.1) is 6.92 Å². The van der Waals surface area contributed by atoms with Gasteiger partial charge in [0.1, 0.15) is 5.69 Å². The molecule has 4 rings (SSSR count). The number of hydrogen-bond acceptors (Lipinski definition) is 6. The number of halogens is 1. The Morgan fingerprint density at radius 3 is 2.32 bits per heavy atom. The number of aromatic nitrogens is 3. The second-order valence-electron chi connectivity index (χ2n) is 11.6. The molecule has 3 aromatic rings. The van der Waals surface area contributed by atoms with Gasteiger partial charge in [0.2, 0.25) is 5.89 Å². The van der Waals surface area contributed by atoms with E-state index in [0.717, 1.165) is 42.0 Å². The highest BCUT2D eigenvalue weighted by atomic mass is 35.5. The molecule has 1 aliphatic carbocycles. The van der Waals surface area contributed by atoms with E-state index in [1.165, 1.54) is 64.2 Å². The van der Waals surface area contributed by atoms with Crippen molar-refractivity contribution in [3.05, 3.63) is 64.4 Å². The molecule has 2 N–H and O–H groups in total. The van der Waals surface area contributed by atoms with Crippen molar-refractivity contribution in [2.24, 2.45) is 0 Å². The number of rotatable bonds is 14. The second kappa shape index (κ2) is 16.6. The second-order valence-corrected chi connectivity index (χ2v) is 12.0. The van der Waals surface area contributed by atoms with Crippen molar-refractivity contribution < 1.29 is 14.4 Å². The van der Waals surface area contributed by atoms with Crippen molar-refractivity contribution in [1.29, 1.82) is 0 Å². The third-order valence-electron chi connectivity index (χ3n) is 7.72. The van der Waals surface area contributed by atoms with E-state index in [2.05, 4.69) is 41.2 Å². The smallest absolute Gasteiger partial charge is 0.354 e. The molecule has 0 atom stereocenters. The molecule has 7 nitrogen and oxygen atoms in total. The first-order valence-electron chi connectivity index (χ1n) is 15.3. The van der Waals surface area contributed by atoms with E-state index in [1.807, 2.05) is 31.2 Å². The van der Waals surface area contributed by atoms with Crippen LogP contribution < -0.4 is 5.32 Å². The minimum Gasteiger partial charge on any atom is -0.477 e. The van der Waals surface area contributed by atoms with Gasteiger partial charge in [-0.1, -0.05) is 99.7 Å². The molecule has 0 unspecified atom stereocenters. The van der Waals surface area contributed by atoms with E-state index in [0.29, 0.717) is 16.8 Å². The van der Waals surface area contributed by atoms with Gasteiger partial charge in [0.05, 0.1) is 11.2 Å². The number of unbranched alkanes of at least 4 members (excludes halogenated alkanes) is 7. The number of nitrogens with one attached hydrogen (secondary N) is 1. The summed E-state index contributed by atoms with van der Waals surface area (Å²) in [7, 11) is 0.